The molecule has 1 unspecified atom stereocenters. The Morgan fingerprint density at radius 2 is 1.85 bits per heavy atom. The van der Waals surface area contributed by atoms with Crippen LogP contribution in [0.5, 0.6) is 0 Å². The highest BCUT2D eigenvalue weighted by atomic mass is 79.9. The number of anilines is 2. The number of para-hydroxylation sites is 1. The Labute approximate surface area is 170 Å². The average Bonchev–Trinajstić information content (AvgIpc) is 3.45. The number of rotatable bonds is 3. The Bertz CT molecular complexity index is 911. The van der Waals surface area contributed by atoms with Crippen LogP contribution in [-0.2, 0) is 0 Å². The van der Waals surface area contributed by atoms with Crippen LogP contribution in [-0.4, -0.2) is 29.7 Å². The lowest BCUT2D eigenvalue weighted by atomic mass is 10.0. The summed E-state index contributed by atoms with van der Waals surface area (Å²) in [6, 6.07) is 10.5. The molecule has 1 saturated carbocycles. The molecule has 0 N–H and O–H groups in total. The van der Waals surface area contributed by atoms with Gasteiger partial charge in [0.05, 0.1) is 26.2 Å². The van der Waals surface area contributed by atoms with E-state index in [1.165, 1.54) is 11.3 Å². The second-order valence-electron chi connectivity index (χ2n) is 6.76. The highest BCUT2D eigenvalue weighted by Crippen LogP contribution is 2.50. The third kappa shape index (κ3) is 2.99. The van der Waals surface area contributed by atoms with E-state index in [1.54, 1.807) is 0 Å². The van der Waals surface area contributed by atoms with Crippen LogP contribution in [0.2, 0.25) is 0 Å². The van der Waals surface area contributed by atoms with Gasteiger partial charge in [-0.05, 0) is 53.4 Å². The predicted molar refractivity (Wildman–Crippen MR) is 117 cm³/mol. The number of allylic oxidation sites excluding steroid dienone is 1. The van der Waals surface area contributed by atoms with Crippen molar-refractivity contribution in [1.82, 2.24) is 4.98 Å². The van der Waals surface area contributed by atoms with E-state index in [9.17, 15) is 0 Å². The minimum Gasteiger partial charge on any atom is -0.376 e. The van der Waals surface area contributed by atoms with E-state index in [2.05, 4.69) is 91.9 Å². The first-order valence-electron chi connectivity index (χ1n) is 8.65. The number of nitrogens with zero attached hydrogens (tertiary/aromatic N) is 4. The van der Waals surface area contributed by atoms with Crippen molar-refractivity contribution in [2.24, 2.45) is 4.99 Å². The third-order valence-corrected chi connectivity index (χ3v) is 5.54. The molecule has 6 heteroatoms. The molecule has 0 amide bonds. The molecule has 0 radical (unpaired) electrons. The Morgan fingerprint density at radius 1 is 1.15 bits per heavy atom. The quantitative estimate of drug-likeness (QED) is 0.529. The lowest BCUT2D eigenvalue weighted by molar-refractivity contribution is 1.07. The van der Waals surface area contributed by atoms with Gasteiger partial charge in [-0.1, -0.05) is 34.1 Å². The van der Waals surface area contributed by atoms with Gasteiger partial charge in [-0.15, -0.1) is 0 Å². The molecule has 0 bridgehead atoms. The third-order valence-electron chi connectivity index (χ3n) is 4.55. The first-order valence-corrected chi connectivity index (χ1v) is 10.4. The van der Waals surface area contributed by atoms with E-state index in [4.69, 9.17) is 4.99 Å². The number of hydrogen-bond acceptors (Lipinski definition) is 4. The number of fused-ring (bicyclic) bond motifs is 1. The van der Waals surface area contributed by atoms with Gasteiger partial charge in [0.15, 0.2) is 5.82 Å². The molecule has 4 rings (SSSR count). The van der Waals surface area contributed by atoms with Gasteiger partial charge in [0, 0.05) is 26.0 Å². The molecule has 4 nitrogen and oxygen atoms in total. The maximum absolute atomic E-state index is 4.95. The van der Waals surface area contributed by atoms with Crippen molar-refractivity contribution in [2.45, 2.75) is 24.6 Å². The monoisotopic (exact) mass is 474 g/mol. The van der Waals surface area contributed by atoms with Crippen LogP contribution in [0.3, 0.4) is 0 Å². The van der Waals surface area contributed by atoms with Crippen LogP contribution < -0.4 is 9.80 Å². The summed E-state index contributed by atoms with van der Waals surface area (Å²) < 4.78 is 0.985. The normalized spacial score (nSPS) is 17.0. The largest absolute Gasteiger partial charge is 0.376 e. The van der Waals surface area contributed by atoms with E-state index in [0.29, 0.717) is 0 Å². The lowest BCUT2D eigenvalue weighted by Crippen LogP contribution is -2.37. The number of benzene rings is 1. The predicted octanol–water partition coefficient (Wildman–Crippen LogP) is 5.75. The zero-order valence-corrected chi connectivity index (χ0v) is 18.2. The minimum absolute atomic E-state index is 0.110. The fourth-order valence-corrected chi connectivity index (χ4v) is 4.30. The van der Waals surface area contributed by atoms with Crippen molar-refractivity contribution in [3.63, 3.8) is 0 Å². The molecule has 134 valence electrons. The summed E-state index contributed by atoms with van der Waals surface area (Å²) in [7, 11) is 4.13. The minimum atomic E-state index is 0.110. The Hall–Kier alpha value is -1.66. The van der Waals surface area contributed by atoms with Gasteiger partial charge < -0.3 is 4.90 Å². The smallest absolute Gasteiger partial charge is 0.165 e. The van der Waals surface area contributed by atoms with Gasteiger partial charge in [0.1, 0.15) is 5.84 Å². The molecule has 0 saturated heterocycles. The van der Waals surface area contributed by atoms with Crippen molar-refractivity contribution in [3.05, 3.63) is 52.1 Å². The number of halogens is 2. The second-order valence-corrected chi connectivity index (χ2v) is 8.98. The fourth-order valence-electron chi connectivity index (χ4n) is 3.33. The van der Waals surface area contributed by atoms with Crippen molar-refractivity contribution < 1.29 is 0 Å². The zero-order valence-electron chi connectivity index (χ0n) is 15.0. The van der Waals surface area contributed by atoms with E-state index < -0.39 is 0 Å². The maximum Gasteiger partial charge on any atom is 0.165 e. The number of amidine groups is 1. The van der Waals surface area contributed by atoms with Crippen molar-refractivity contribution in [2.75, 3.05) is 23.9 Å². The average molecular weight is 476 g/mol. The number of pyridine rings is 1. The van der Waals surface area contributed by atoms with Crippen LogP contribution in [0.1, 0.15) is 25.3 Å². The molecular weight excluding hydrogens is 456 g/mol. The van der Waals surface area contributed by atoms with Crippen molar-refractivity contribution in [1.29, 1.82) is 0 Å². The van der Waals surface area contributed by atoms with Crippen LogP contribution in [0.25, 0.3) is 5.70 Å². The molecule has 0 spiro atoms. The Morgan fingerprint density at radius 3 is 2.42 bits per heavy atom. The van der Waals surface area contributed by atoms with Crippen LogP contribution in [0, 0.1) is 0 Å². The fraction of sp³-hybridized carbons (Fsp3) is 0.300. The molecule has 2 aromatic rings. The van der Waals surface area contributed by atoms with Crippen LogP contribution in [0.15, 0.2) is 51.6 Å². The molecular formula is C20H20Br2N4. The van der Waals surface area contributed by atoms with Gasteiger partial charge >= 0.3 is 0 Å². The van der Waals surface area contributed by atoms with Gasteiger partial charge in [-0.3, -0.25) is 4.90 Å². The SMILES string of the molecule is CC(Br)C1=Nc2ncc(Br)c(N(C)C)c2C(=C2CC2)N1c1ccccc1. The molecule has 1 fully saturated rings. The highest BCUT2D eigenvalue weighted by Gasteiger charge is 2.36. The summed E-state index contributed by atoms with van der Waals surface area (Å²) in [5.74, 6) is 1.76. The number of aromatic nitrogens is 1. The van der Waals surface area contributed by atoms with E-state index in [-0.39, 0.29) is 4.83 Å². The maximum atomic E-state index is 4.95. The number of alkyl halides is 1. The van der Waals surface area contributed by atoms with E-state index >= 15 is 0 Å². The summed E-state index contributed by atoms with van der Waals surface area (Å²) >= 11 is 7.43. The summed E-state index contributed by atoms with van der Waals surface area (Å²) in [4.78, 5) is 14.1. The topological polar surface area (TPSA) is 31.7 Å². The van der Waals surface area contributed by atoms with Crippen molar-refractivity contribution >= 4 is 60.6 Å². The summed E-state index contributed by atoms with van der Waals surface area (Å²) in [5.41, 5.74) is 6.05. The molecule has 1 atom stereocenters. The zero-order chi connectivity index (χ0) is 18.4. The van der Waals surface area contributed by atoms with Crippen LogP contribution >= 0.6 is 31.9 Å². The molecule has 2 heterocycles. The van der Waals surface area contributed by atoms with E-state index in [1.807, 2.05) is 12.3 Å². The Balaban J connectivity index is 2.05. The van der Waals surface area contributed by atoms with Gasteiger partial charge in [0.25, 0.3) is 0 Å². The van der Waals surface area contributed by atoms with Gasteiger partial charge in [0.2, 0.25) is 0 Å². The van der Waals surface area contributed by atoms with Gasteiger partial charge in [-0.25, -0.2) is 9.98 Å². The first-order chi connectivity index (χ1) is 12.5. The highest BCUT2D eigenvalue weighted by molar-refractivity contribution is 9.10. The molecule has 2 aliphatic rings. The molecule has 1 aromatic heterocycles. The van der Waals surface area contributed by atoms with E-state index in [0.717, 1.165) is 45.9 Å². The number of aliphatic imine (C=N–C) groups is 1. The molecule has 1 aliphatic heterocycles. The lowest BCUT2D eigenvalue weighted by Gasteiger charge is -2.36. The molecule has 26 heavy (non-hydrogen) atoms. The van der Waals surface area contributed by atoms with Crippen molar-refractivity contribution in [3.8, 4) is 0 Å². The van der Waals surface area contributed by atoms with Gasteiger partial charge in [-0.2, -0.15) is 0 Å². The summed E-state index contributed by atoms with van der Waals surface area (Å²) in [6.07, 6.45) is 4.10. The standard InChI is InChI=1S/C20H20Br2N4/c1-12(21)20-24-19-16(18(25(2)3)15(22)11-23-19)17(13-9-10-13)26(20)14-7-5-4-6-8-14/h4-8,11-12H,9-10H2,1-3H3. The first kappa shape index (κ1) is 17.7. The Kier molecular flexibility index (Phi) is 4.65. The molecule has 1 aromatic carbocycles. The second kappa shape index (κ2) is 6.82. The molecule has 1 aliphatic carbocycles. The summed E-state index contributed by atoms with van der Waals surface area (Å²) in [6.45, 7) is 2.11. The van der Waals surface area contributed by atoms with Crippen LogP contribution in [0.4, 0.5) is 17.2 Å². The summed E-state index contributed by atoms with van der Waals surface area (Å²) in [5, 5.41) is 0. The number of hydrogen-bond donors (Lipinski definition) is 0.